The molecule has 2 rings (SSSR count). The van der Waals surface area contributed by atoms with Gasteiger partial charge in [0.15, 0.2) is 5.78 Å². The lowest BCUT2D eigenvalue weighted by atomic mass is 9.98. The first kappa shape index (κ1) is 11.9. The van der Waals surface area contributed by atoms with Gasteiger partial charge in [0.05, 0.1) is 12.7 Å². The second-order valence-electron chi connectivity index (χ2n) is 4.94. The molecular formula is C15H18O2. The van der Waals surface area contributed by atoms with Gasteiger partial charge in [0.1, 0.15) is 6.10 Å². The minimum Gasteiger partial charge on any atom is -0.493 e. The molecule has 1 aromatic carbocycles. The highest BCUT2D eigenvalue weighted by atomic mass is 16.5. The molecular weight excluding hydrogens is 212 g/mol. The number of hydrogen-bond donors (Lipinski definition) is 0. The van der Waals surface area contributed by atoms with E-state index < -0.39 is 0 Å². The average Bonchev–Trinajstić information content (AvgIpc) is 2.29. The maximum absolute atomic E-state index is 11.3. The van der Waals surface area contributed by atoms with Crippen molar-refractivity contribution in [3.63, 3.8) is 0 Å². The predicted molar refractivity (Wildman–Crippen MR) is 67.6 cm³/mol. The molecule has 1 aromatic rings. The SMILES string of the molecule is CC(C)Cc1ccc([C@H]2CC(=O)C=CO2)cc1. The van der Waals surface area contributed by atoms with E-state index in [1.165, 1.54) is 17.9 Å². The van der Waals surface area contributed by atoms with E-state index in [-0.39, 0.29) is 11.9 Å². The van der Waals surface area contributed by atoms with E-state index >= 15 is 0 Å². The summed E-state index contributed by atoms with van der Waals surface area (Å²) in [5, 5.41) is 0. The fourth-order valence-corrected chi connectivity index (χ4v) is 2.05. The van der Waals surface area contributed by atoms with E-state index in [2.05, 4.69) is 38.1 Å². The van der Waals surface area contributed by atoms with E-state index in [4.69, 9.17) is 4.74 Å². The molecule has 1 aliphatic heterocycles. The Morgan fingerprint density at radius 2 is 2.00 bits per heavy atom. The zero-order chi connectivity index (χ0) is 12.3. The highest BCUT2D eigenvalue weighted by Gasteiger charge is 2.18. The molecule has 17 heavy (non-hydrogen) atoms. The largest absolute Gasteiger partial charge is 0.493 e. The fourth-order valence-electron chi connectivity index (χ4n) is 2.05. The Labute approximate surface area is 102 Å². The third kappa shape index (κ3) is 3.19. The summed E-state index contributed by atoms with van der Waals surface area (Å²) in [6.45, 7) is 4.42. The van der Waals surface area contributed by atoms with Crippen LogP contribution in [0.15, 0.2) is 36.6 Å². The molecule has 2 heteroatoms. The molecule has 1 atom stereocenters. The van der Waals surface area contributed by atoms with Crippen molar-refractivity contribution in [3.8, 4) is 0 Å². The molecule has 0 unspecified atom stereocenters. The van der Waals surface area contributed by atoms with Gasteiger partial charge >= 0.3 is 0 Å². The lowest BCUT2D eigenvalue weighted by Crippen LogP contribution is -2.11. The molecule has 1 heterocycles. The fraction of sp³-hybridized carbons (Fsp3) is 0.400. The molecule has 1 aliphatic rings. The van der Waals surface area contributed by atoms with E-state index in [9.17, 15) is 4.79 Å². The molecule has 0 radical (unpaired) electrons. The van der Waals surface area contributed by atoms with Crippen molar-refractivity contribution in [3.05, 3.63) is 47.7 Å². The van der Waals surface area contributed by atoms with Crippen LogP contribution >= 0.6 is 0 Å². The van der Waals surface area contributed by atoms with E-state index in [1.54, 1.807) is 0 Å². The van der Waals surface area contributed by atoms with Gasteiger partial charge in [0, 0.05) is 6.08 Å². The number of rotatable bonds is 3. The van der Waals surface area contributed by atoms with Crippen molar-refractivity contribution < 1.29 is 9.53 Å². The molecule has 0 bridgehead atoms. The van der Waals surface area contributed by atoms with Crippen molar-refractivity contribution >= 4 is 5.78 Å². The second-order valence-corrected chi connectivity index (χ2v) is 4.94. The zero-order valence-corrected chi connectivity index (χ0v) is 10.3. The first-order chi connectivity index (χ1) is 8.15. The van der Waals surface area contributed by atoms with Gasteiger partial charge < -0.3 is 4.74 Å². The smallest absolute Gasteiger partial charge is 0.162 e. The van der Waals surface area contributed by atoms with E-state index in [0.29, 0.717) is 12.3 Å². The molecule has 2 nitrogen and oxygen atoms in total. The topological polar surface area (TPSA) is 26.3 Å². The summed E-state index contributed by atoms with van der Waals surface area (Å²) in [4.78, 5) is 11.3. The number of carbonyl (C=O) groups excluding carboxylic acids is 1. The van der Waals surface area contributed by atoms with Crippen molar-refractivity contribution in [2.75, 3.05) is 0 Å². The standard InChI is InChI=1S/C15H18O2/c1-11(2)9-12-3-5-13(6-4-12)15-10-14(16)7-8-17-15/h3-8,11,15H,9-10H2,1-2H3/t15-/m1/s1. The van der Waals surface area contributed by atoms with Gasteiger partial charge in [-0.2, -0.15) is 0 Å². The number of hydrogen-bond acceptors (Lipinski definition) is 2. The van der Waals surface area contributed by atoms with E-state index in [0.717, 1.165) is 12.0 Å². The molecule has 0 spiro atoms. The van der Waals surface area contributed by atoms with Crippen LogP contribution in [0.25, 0.3) is 0 Å². The van der Waals surface area contributed by atoms with Gasteiger partial charge in [-0.3, -0.25) is 4.79 Å². The van der Waals surface area contributed by atoms with Gasteiger partial charge in [-0.1, -0.05) is 38.1 Å². The van der Waals surface area contributed by atoms with Crippen molar-refractivity contribution in [1.82, 2.24) is 0 Å². The first-order valence-corrected chi connectivity index (χ1v) is 6.09. The Bertz CT molecular complexity index is 415. The van der Waals surface area contributed by atoms with Crippen LogP contribution in [-0.4, -0.2) is 5.78 Å². The van der Waals surface area contributed by atoms with Gasteiger partial charge in [-0.25, -0.2) is 0 Å². The molecule has 0 fully saturated rings. The molecule has 0 saturated carbocycles. The molecule has 90 valence electrons. The predicted octanol–water partition coefficient (Wildman–Crippen LogP) is 3.43. The summed E-state index contributed by atoms with van der Waals surface area (Å²) in [5.41, 5.74) is 2.41. The summed E-state index contributed by atoms with van der Waals surface area (Å²) in [5.74, 6) is 0.795. The van der Waals surface area contributed by atoms with Crippen molar-refractivity contribution in [2.24, 2.45) is 5.92 Å². The average molecular weight is 230 g/mol. The minimum absolute atomic E-state index is 0.111. The minimum atomic E-state index is -0.111. The molecule has 0 aromatic heterocycles. The Balaban J connectivity index is 2.07. The van der Waals surface area contributed by atoms with Crippen LogP contribution in [-0.2, 0) is 16.0 Å². The van der Waals surface area contributed by atoms with Gasteiger partial charge in [0.2, 0.25) is 0 Å². The summed E-state index contributed by atoms with van der Waals surface area (Å²) >= 11 is 0. The summed E-state index contributed by atoms with van der Waals surface area (Å²) in [6, 6.07) is 8.38. The number of ether oxygens (including phenoxy) is 1. The van der Waals surface area contributed by atoms with Gasteiger partial charge in [-0.05, 0) is 23.5 Å². The quantitative estimate of drug-likeness (QED) is 0.795. The van der Waals surface area contributed by atoms with Crippen LogP contribution in [0.1, 0.15) is 37.5 Å². The summed E-state index contributed by atoms with van der Waals surface area (Å²) in [6.07, 6.45) is 4.41. The molecule has 0 amide bonds. The highest BCUT2D eigenvalue weighted by molar-refractivity contribution is 5.90. The van der Waals surface area contributed by atoms with Gasteiger partial charge in [0.25, 0.3) is 0 Å². The Hall–Kier alpha value is -1.57. The molecule has 0 aliphatic carbocycles. The maximum Gasteiger partial charge on any atom is 0.162 e. The van der Waals surface area contributed by atoms with Crippen molar-refractivity contribution in [2.45, 2.75) is 32.8 Å². The third-order valence-electron chi connectivity index (χ3n) is 2.88. The highest BCUT2D eigenvalue weighted by Crippen LogP contribution is 2.25. The summed E-state index contributed by atoms with van der Waals surface area (Å²) < 4.78 is 5.45. The Morgan fingerprint density at radius 1 is 1.29 bits per heavy atom. The normalized spacial score (nSPS) is 19.5. The number of carbonyl (C=O) groups is 1. The Morgan fingerprint density at radius 3 is 2.59 bits per heavy atom. The number of ketones is 1. The molecule has 0 saturated heterocycles. The van der Waals surface area contributed by atoms with Crippen LogP contribution in [0.3, 0.4) is 0 Å². The maximum atomic E-state index is 11.3. The lowest BCUT2D eigenvalue weighted by Gasteiger charge is -2.19. The third-order valence-corrected chi connectivity index (χ3v) is 2.88. The van der Waals surface area contributed by atoms with Crippen LogP contribution in [0, 0.1) is 5.92 Å². The van der Waals surface area contributed by atoms with Crippen LogP contribution in [0.5, 0.6) is 0 Å². The Kier molecular flexibility index (Phi) is 3.62. The monoisotopic (exact) mass is 230 g/mol. The lowest BCUT2D eigenvalue weighted by molar-refractivity contribution is -0.118. The molecule has 0 N–H and O–H groups in total. The van der Waals surface area contributed by atoms with Crippen molar-refractivity contribution in [1.29, 1.82) is 0 Å². The summed E-state index contributed by atoms with van der Waals surface area (Å²) in [7, 11) is 0. The van der Waals surface area contributed by atoms with Gasteiger partial charge in [-0.15, -0.1) is 0 Å². The number of benzene rings is 1. The van der Waals surface area contributed by atoms with Crippen LogP contribution < -0.4 is 0 Å². The van der Waals surface area contributed by atoms with Crippen LogP contribution in [0.4, 0.5) is 0 Å². The van der Waals surface area contributed by atoms with Crippen LogP contribution in [0.2, 0.25) is 0 Å². The zero-order valence-electron chi connectivity index (χ0n) is 10.3. The van der Waals surface area contributed by atoms with E-state index in [1.807, 2.05) is 0 Å². The number of allylic oxidation sites excluding steroid dienone is 1. The second kappa shape index (κ2) is 5.17. The first-order valence-electron chi connectivity index (χ1n) is 6.09.